The number of benzene rings is 2. The summed E-state index contributed by atoms with van der Waals surface area (Å²) in [4.78, 5) is 48.5. The van der Waals surface area contributed by atoms with Crippen molar-refractivity contribution in [3.8, 4) is 5.75 Å². The van der Waals surface area contributed by atoms with Crippen molar-refractivity contribution in [2.45, 2.75) is 57.0 Å². The van der Waals surface area contributed by atoms with Gasteiger partial charge in [0.25, 0.3) is 0 Å². The zero-order chi connectivity index (χ0) is 30.4. The molecular formula is C34H39N3O6. The van der Waals surface area contributed by atoms with Gasteiger partial charge in [-0.25, -0.2) is 0 Å². The molecule has 43 heavy (non-hydrogen) atoms. The molecule has 0 aliphatic carbocycles. The number of fused-ring (bicyclic) bond motifs is 2. The van der Waals surface area contributed by atoms with Crippen molar-refractivity contribution >= 4 is 23.4 Å². The lowest BCUT2D eigenvalue weighted by Gasteiger charge is -2.40. The Bertz CT molecular complexity index is 1440. The molecule has 9 heteroatoms. The van der Waals surface area contributed by atoms with Gasteiger partial charge in [-0.3, -0.25) is 14.4 Å². The average Bonchev–Trinajstić information content (AvgIpc) is 3.33. The topological polar surface area (TPSA) is 99.6 Å². The predicted octanol–water partition coefficient (Wildman–Crippen LogP) is 3.33. The van der Waals surface area contributed by atoms with Crippen LogP contribution in [0.2, 0.25) is 0 Å². The van der Waals surface area contributed by atoms with Gasteiger partial charge < -0.3 is 29.3 Å². The molecule has 0 saturated carbocycles. The van der Waals surface area contributed by atoms with Crippen LogP contribution >= 0.6 is 0 Å². The van der Waals surface area contributed by atoms with Crippen molar-refractivity contribution in [1.82, 2.24) is 9.80 Å². The Morgan fingerprint density at radius 3 is 2.33 bits per heavy atom. The van der Waals surface area contributed by atoms with Gasteiger partial charge >= 0.3 is 0 Å². The second-order valence-electron chi connectivity index (χ2n) is 11.8. The number of aliphatic hydroxyl groups excluding tert-OH is 1. The maximum absolute atomic E-state index is 14.6. The first-order valence-electron chi connectivity index (χ1n) is 15.2. The van der Waals surface area contributed by atoms with Crippen molar-refractivity contribution in [1.29, 1.82) is 0 Å². The monoisotopic (exact) mass is 585 g/mol. The number of hydrogen-bond acceptors (Lipinski definition) is 6. The molecule has 4 aliphatic rings. The van der Waals surface area contributed by atoms with Crippen LogP contribution in [0.1, 0.15) is 32.8 Å². The summed E-state index contributed by atoms with van der Waals surface area (Å²) in [6.07, 6.45) is 8.03. The van der Waals surface area contributed by atoms with Crippen LogP contribution in [0.15, 0.2) is 78.9 Å². The van der Waals surface area contributed by atoms with Crippen molar-refractivity contribution in [2.24, 2.45) is 11.8 Å². The third kappa shape index (κ3) is 4.57. The summed E-state index contributed by atoms with van der Waals surface area (Å²) >= 11 is 0. The molecule has 2 aromatic rings. The molecule has 0 bridgehead atoms. The van der Waals surface area contributed by atoms with Gasteiger partial charge in [0.05, 0.1) is 36.7 Å². The van der Waals surface area contributed by atoms with E-state index in [-0.39, 0.29) is 24.3 Å². The lowest BCUT2D eigenvalue weighted by Crippen LogP contribution is -2.58. The molecule has 6 atom stereocenters. The van der Waals surface area contributed by atoms with E-state index in [4.69, 9.17) is 9.47 Å². The molecule has 4 heterocycles. The molecule has 0 aromatic heterocycles. The molecule has 2 saturated heterocycles. The number of carbonyl (C=O) groups excluding carboxylic acids is 3. The van der Waals surface area contributed by atoms with Gasteiger partial charge in [-0.15, -0.1) is 0 Å². The SMILES string of the molecule is CCOc1ccc(N2CC=C[C@]3(CC)O[C@]45C=CCN(Cc6ccccc6)C(=O)C4N([C@H](C)CO)C(=O)[C@@H]5[C@@H]3C2=O)cc1. The van der Waals surface area contributed by atoms with E-state index >= 15 is 0 Å². The highest BCUT2D eigenvalue weighted by atomic mass is 16.5. The van der Waals surface area contributed by atoms with Gasteiger partial charge in [0.2, 0.25) is 17.7 Å². The molecule has 1 N–H and O–H groups in total. The summed E-state index contributed by atoms with van der Waals surface area (Å²) in [6.45, 7) is 6.83. The fourth-order valence-corrected chi connectivity index (χ4v) is 7.38. The molecule has 3 amide bonds. The van der Waals surface area contributed by atoms with E-state index in [1.807, 2.05) is 92.7 Å². The van der Waals surface area contributed by atoms with Gasteiger partial charge in [-0.05, 0) is 50.1 Å². The minimum atomic E-state index is -1.37. The van der Waals surface area contributed by atoms with Crippen LogP contribution < -0.4 is 9.64 Å². The summed E-state index contributed by atoms with van der Waals surface area (Å²) in [6, 6.07) is 15.4. The highest BCUT2D eigenvalue weighted by molar-refractivity contribution is 6.04. The van der Waals surface area contributed by atoms with Crippen LogP contribution in [0.3, 0.4) is 0 Å². The van der Waals surface area contributed by atoms with E-state index in [9.17, 15) is 19.5 Å². The number of amides is 3. The summed E-state index contributed by atoms with van der Waals surface area (Å²) in [7, 11) is 0. The van der Waals surface area contributed by atoms with Crippen LogP contribution in [-0.4, -0.2) is 82.2 Å². The molecule has 226 valence electrons. The maximum atomic E-state index is 14.6. The fourth-order valence-electron chi connectivity index (χ4n) is 7.38. The quantitative estimate of drug-likeness (QED) is 0.478. The summed E-state index contributed by atoms with van der Waals surface area (Å²) < 4.78 is 12.6. The molecule has 9 nitrogen and oxygen atoms in total. The zero-order valence-electron chi connectivity index (χ0n) is 24.9. The number of anilines is 1. The smallest absolute Gasteiger partial charge is 0.249 e. The molecular weight excluding hydrogens is 546 g/mol. The van der Waals surface area contributed by atoms with Crippen LogP contribution in [0.25, 0.3) is 0 Å². The van der Waals surface area contributed by atoms with Gasteiger partial charge in [0.15, 0.2) is 0 Å². The Morgan fingerprint density at radius 1 is 0.930 bits per heavy atom. The zero-order valence-corrected chi connectivity index (χ0v) is 24.9. The predicted molar refractivity (Wildman–Crippen MR) is 161 cm³/mol. The average molecular weight is 586 g/mol. The third-order valence-corrected chi connectivity index (χ3v) is 9.38. The van der Waals surface area contributed by atoms with E-state index in [1.165, 1.54) is 4.90 Å². The largest absolute Gasteiger partial charge is 0.494 e. The fraction of sp³-hybridized carbons (Fsp3) is 0.441. The molecule has 2 aromatic carbocycles. The standard InChI is InChI=1S/C34H39N3O6/c1-4-33-17-9-20-36(25-13-15-26(16-14-25)42-5-2)30(39)27(33)28-31(40)37(23(3)22-38)29-32(41)35(19-10-18-34(28,29)43-33)21-24-11-7-6-8-12-24/h6-18,23,27-29,38H,4-5,19-22H2,1-3H3/t23-,27-,28+,29?,33+,34+/m1/s1. The van der Waals surface area contributed by atoms with Crippen LogP contribution in [0.5, 0.6) is 5.75 Å². The van der Waals surface area contributed by atoms with E-state index < -0.39 is 35.1 Å². The first-order chi connectivity index (χ1) is 20.8. The summed E-state index contributed by atoms with van der Waals surface area (Å²) in [5, 5.41) is 10.2. The Kier molecular flexibility index (Phi) is 7.64. The number of carbonyl (C=O) groups is 3. The van der Waals surface area contributed by atoms with Gasteiger partial charge in [0, 0.05) is 25.3 Å². The second-order valence-corrected chi connectivity index (χ2v) is 11.8. The lowest BCUT2D eigenvalue weighted by molar-refractivity contribution is -0.155. The Hall–Kier alpha value is -3.95. The number of nitrogens with zero attached hydrogens (tertiary/aromatic N) is 3. The van der Waals surface area contributed by atoms with E-state index in [0.717, 1.165) is 5.56 Å². The number of likely N-dealkylation sites (tertiary alicyclic amines) is 1. The second kappa shape index (κ2) is 11.3. The Balaban J connectivity index is 1.43. The molecule has 1 spiro atoms. The summed E-state index contributed by atoms with van der Waals surface area (Å²) in [5.41, 5.74) is -0.792. The van der Waals surface area contributed by atoms with E-state index in [0.29, 0.717) is 44.1 Å². The van der Waals surface area contributed by atoms with Gasteiger partial charge in [-0.2, -0.15) is 0 Å². The molecule has 0 radical (unpaired) electrons. The van der Waals surface area contributed by atoms with Crippen LogP contribution in [0.4, 0.5) is 5.69 Å². The van der Waals surface area contributed by atoms with Crippen molar-refractivity contribution < 1.29 is 29.0 Å². The van der Waals surface area contributed by atoms with E-state index in [1.54, 1.807) is 16.7 Å². The normalized spacial score (nSPS) is 30.6. The van der Waals surface area contributed by atoms with Crippen molar-refractivity contribution in [3.05, 3.63) is 84.5 Å². The third-order valence-electron chi connectivity index (χ3n) is 9.38. The highest BCUT2D eigenvalue weighted by Gasteiger charge is 2.75. The van der Waals surface area contributed by atoms with Crippen molar-refractivity contribution in [3.63, 3.8) is 0 Å². The first kappa shape index (κ1) is 29.1. The molecule has 6 rings (SSSR count). The Morgan fingerprint density at radius 2 is 1.65 bits per heavy atom. The van der Waals surface area contributed by atoms with Gasteiger partial charge in [0.1, 0.15) is 17.4 Å². The number of hydrogen-bond donors (Lipinski definition) is 1. The molecule has 4 aliphatic heterocycles. The Labute approximate surface area is 252 Å². The number of ether oxygens (including phenoxy) is 2. The summed E-state index contributed by atoms with van der Waals surface area (Å²) in [5.74, 6) is -1.93. The van der Waals surface area contributed by atoms with Crippen molar-refractivity contribution in [2.75, 3.05) is 31.2 Å². The minimum Gasteiger partial charge on any atom is -0.494 e. The van der Waals surface area contributed by atoms with E-state index in [2.05, 4.69) is 0 Å². The van der Waals surface area contributed by atoms with Crippen LogP contribution in [0, 0.1) is 11.8 Å². The highest BCUT2D eigenvalue weighted by Crippen LogP contribution is 2.59. The first-order valence-corrected chi connectivity index (χ1v) is 15.2. The lowest BCUT2D eigenvalue weighted by atomic mass is 9.73. The molecule has 2 fully saturated rings. The minimum absolute atomic E-state index is 0.227. The van der Waals surface area contributed by atoms with Gasteiger partial charge in [-0.1, -0.05) is 61.6 Å². The van der Waals surface area contributed by atoms with Crippen LogP contribution in [-0.2, 0) is 25.7 Å². The number of aliphatic hydroxyl groups is 1. The number of rotatable bonds is 8. The maximum Gasteiger partial charge on any atom is 0.249 e. The molecule has 1 unspecified atom stereocenters.